The first-order valence-electron chi connectivity index (χ1n) is 17.2. The van der Waals surface area contributed by atoms with Crippen LogP contribution in [0, 0.1) is 5.92 Å². The first-order valence-corrected chi connectivity index (χ1v) is 19.6. The van der Waals surface area contributed by atoms with Crippen molar-refractivity contribution >= 4 is 9.82 Å². The van der Waals surface area contributed by atoms with Gasteiger partial charge in [0.25, 0.3) is 0 Å². The van der Waals surface area contributed by atoms with Crippen LogP contribution in [-0.4, -0.2) is 90.8 Å². The van der Waals surface area contributed by atoms with Crippen molar-refractivity contribution in [2.45, 2.75) is 94.2 Å². The van der Waals surface area contributed by atoms with Gasteiger partial charge in [0.05, 0.1) is 0 Å². The average molecular weight is 773 g/mol. The van der Waals surface area contributed by atoms with Gasteiger partial charge in [0.15, 0.2) is 0 Å². The van der Waals surface area contributed by atoms with Crippen LogP contribution in [0.2, 0.25) is 0 Å². The van der Waals surface area contributed by atoms with Gasteiger partial charge in [-0.25, -0.2) is 0 Å². The second-order valence-corrected chi connectivity index (χ2v) is 17.1. The number of aliphatic hydroxyl groups is 1. The van der Waals surface area contributed by atoms with Crippen LogP contribution in [0.15, 0.2) is 78.7 Å². The third kappa shape index (κ3) is 12.7. The summed E-state index contributed by atoms with van der Waals surface area (Å²) >= 11 is -0.860. The van der Waals surface area contributed by atoms with Crippen LogP contribution in [0.4, 0.5) is 4.79 Å². The Labute approximate surface area is 297 Å². The molecule has 48 heavy (non-hydrogen) atoms. The third-order valence-electron chi connectivity index (χ3n) is 8.80. The van der Waals surface area contributed by atoms with Gasteiger partial charge >= 0.3 is 274 Å². The topological polar surface area (TPSA) is 107 Å². The zero-order chi connectivity index (χ0) is 34.5. The van der Waals surface area contributed by atoms with Gasteiger partial charge in [-0.2, -0.15) is 0 Å². The Balaban J connectivity index is 1.47. The predicted molar refractivity (Wildman–Crippen MR) is 187 cm³/mol. The summed E-state index contributed by atoms with van der Waals surface area (Å²) in [5.74, 6) is -0.383. The number of carbonyl (C=O) groups is 2. The number of aromatic nitrogens is 1. The zero-order valence-corrected chi connectivity index (χ0v) is 31.4. The van der Waals surface area contributed by atoms with E-state index >= 15 is 0 Å². The van der Waals surface area contributed by atoms with E-state index in [1.807, 2.05) is 57.3 Å². The molecule has 2 heterocycles. The van der Waals surface area contributed by atoms with Crippen LogP contribution >= 0.6 is 0 Å². The van der Waals surface area contributed by atoms with Crippen LogP contribution in [0.1, 0.15) is 64.5 Å². The molecular formula is C38H55IN5O4-. The van der Waals surface area contributed by atoms with E-state index in [4.69, 9.17) is 4.74 Å². The van der Waals surface area contributed by atoms with Crippen LogP contribution in [0.5, 0.6) is 0 Å². The number of piperazine rings is 1. The van der Waals surface area contributed by atoms with E-state index < -0.39 is 27.3 Å². The van der Waals surface area contributed by atoms with Crippen molar-refractivity contribution in [2.75, 3.05) is 33.3 Å². The second-order valence-electron chi connectivity index (χ2n) is 14.0. The number of pyridine rings is 1. The van der Waals surface area contributed by atoms with Crippen molar-refractivity contribution in [3.05, 3.63) is 89.8 Å². The number of halogens is 1. The van der Waals surface area contributed by atoms with Crippen molar-refractivity contribution in [2.24, 2.45) is 5.92 Å². The normalized spacial score (nSPS) is 23.0. The Kier molecular flexibility index (Phi) is 15.1. The fraction of sp³-hybridized carbons (Fsp3) is 0.553. The number of alkyl halides is 1. The molecule has 1 aromatic carbocycles. The van der Waals surface area contributed by atoms with E-state index in [1.165, 1.54) is 5.56 Å². The van der Waals surface area contributed by atoms with Gasteiger partial charge in [0.2, 0.25) is 0 Å². The summed E-state index contributed by atoms with van der Waals surface area (Å²) < 4.78 is 6.34. The second kappa shape index (κ2) is 18.9. The molecule has 1 aliphatic heterocycles. The number of methoxy groups -OCH3 is 1. The Morgan fingerprint density at radius 1 is 1.12 bits per heavy atom. The molecule has 0 spiro atoms. The molecule has 5 atom stereocenters. The molecule has 0 radical (unpaired) electrons. The molecule has 3 N–H and O–H groups in total. The molecule has 2 aromatic rings. The van der Waals surface area contributed by atoms with Crippen molar-refractivity contribution < 1.29 is 40.6 Å². The third-order valence-corrected chi connectivity index (χ3v) is 11.5. The number of amides is 2. The summed E-state index contributed by atoms with van der Waals surface area (Å²) in [5, 5.41) is 17.2. The van der Waals surface area contributed by atoms with E-state index in [2.05, 4.69) is 62.7 Å². The molecule has 1 saturated heterocycles. The van der Waals surface area contributed by atoms with Crippen LogP contribution in [0.25, 0.3) is 0 Å². The predicted octanol–water partition coefficient (Wildman–Crippen LogP) is 1.92. The summed E-state index contributed by atoms with van der Waals surface area (Å²) in [6.45, 7) is 12.1. The molecular weight excluding hydrogens is 717 g/mol. The van der Waals surface area contributed by atoms with Gasteiger partial charge in [-0.15, -0.1) is 0 Å². The number of carbonyl (C=O) groups excluding carboxylic acids is 2. The summed E-state index contributed by atoms with van der Waals surface area (Å²) in [6, 6.07) is 13.9. The Hall–Kier alpha value is -2.64. The number of benzene rings is 1. The minimum absolute atomic E-state index is 0.0508. The van der Waals surface area contributed by atoms with Crippen molar-refractivity contribution in [3.8, 4) is 0 Å². The molecule has 10 heteroatoms. The van der Waals surface area contributed by atoms with Gasteiger partial charge in [-0.3, -0.25) is 0 Å². The van der Waals surface area contributed by atoms with Crippen molar-refractivity contribution in [1.29, 1.82) is 0 Å². The molecule has 2 amide bonds. The first kappa shape index (κ1) is 38.2. The van der Waals surface area contributed by atoms with Crippen molar-refractivity contribution in [1.82, 2.24) is 25.4 Å². The van der Waals surface area contributed by atoms with Crippen LogP contribution < -0.4 is 31.8 Å². The van der Waals surface area contributed by atoms with E-state index in [1.54, 1.807) is 13.3 Å². The van der Waals surface area contributed by atoms with Crippen LogP contribution in [0.3, 0.4) is 0 Å². The van der Waals surface area contributed by atoms with E-state index in [9.17, 15) is 14.7 Å². The van der Waals surface area contributed by atoms with E-state index in [-0.39, 0.29) is 37.5 Å². The number of hydrogen-bond acceptors (Lipinski definition) is 7. The molecule has 1 saturated carbocycles. The summed E-state index contributed by atoms with van der Waals surface area (Å²) in [7, 11) is 1.72. The summed E-state index contributed by atoms with van der Waals surface area (Å²) in [4.78, 5) is 36.3. The Bertz CT molecular complexity index is 1350. The van der Waals surface area contributed by atoms with Gasteiger partial charge in [-0.05, 0) is 6.42 Å². The molecule has 1 unspecified atom stereocenters. The van der Waals surface area contributed by atoms with Crippen LogP contribution in [-0.2, 0) is 22.5 Å². The molecule has 9 nitrogen and oxygen atoms in total. The standard InChI is InChI=1S/C38H55IN5O4/c1-6-7-9-15-29-21-33(34(45)22-29)41-36(46)31(20-28-13-10-8-11-14-28)23-32(48-5)26-44-19-18-43(25-30-16-12-17-40-24-30)27-35(44)39-37(47)42-38(2,3)4/h7-17,24,31-35,45H,6,18-23,25-27H2,1-5H3,(H,41,46)(H,42,47)/q-1/b9-7-,29-15+/t31-,32+,33+,34?,35+/m1/s1. The number of rotatable bonds is 15. The van der Waals surface area contributed by atoms with Gasteiger partial charge in [-0.1, -0.05) is 19.1 Å². The van der Waals surface area contributed by atoms with Gasteiger partial charge in [0, 0.05) is 0 Å². The number of allylic oxidation sites excluding steroid dienone is 3. The summed E-state index contributed by atoms with van der Waals surface area (Å²) in [5.41, 5.74) is 3.13. The van der Waals surface area contributed by atoms with Crippen molar-refractivity contribution in [3.63, 3.8) is 0 Å². The molecule has 1 aliphatic carbocycles. The van der Waals surface area contributed by atoms with Gasteiger partial charge < -0.3 is 0 Å². The number of ether oxygens (including phenoxy) is 1. The minimum atomic E-state index is -0.860. The molecule has 2 fully saturated rings. The Morgan fingerprint density at radius 2 is 1.90 bits per heavy atom. The molecule has 2 aliphatic rings. The van der Waals surface area contributed by atoms with Gasteiger partial charge in [0.1, 0.15) is 0 Å². The number of aliphatic hydroxyl groups excluding tert-OH is 1. The maximum absolute atomic E-state index is 13.9. The fourth-order valence-corrected chi connectivity index (χ4v) is 9.58. The zero-order valence-electron chi connectivity index (χ0n) is 29.3. The average Bonchev–Trinajstić information content (AvgIpc) is 3.39. The summed E-state index contributed by atoms with van der Waals surface area (Å²) in [6.07, 6.45) is 12.4. The van der Waals surface area contributed by atoms with E-state index in [0.717, 1.165) is 43.7 Å². The number of nitrogens with one attached hydrogen (secondary N) is 2. The number of hydrogen-bond donors (Lipinski definition) is 3. The molecule has 264 valence electrons. The Morgan fingerprint density at radius 3 is 2.58 bits per heavy atom. The molecule has 1 aromatic heterocycles. The monoisotopic (exact) mass is 772 g/mol. The molecule has 0 bridgehead atoms. The fourth-order valence-electron chi connectivity index (χ4n) is 6.31. The quantitative estimate of drug-likeness (QED) is 0.110. The van der Waals surface area contributed by atoms with E-state index in [0.29, 0.717) is 32.2 Å². The maximum atomic E-state index is 13.9. The number of nitrogens with zero attached hydrogens (tertiary/aromatic N) is 3. The SMILES string of the molecule is CC/C=C\C=C1\CC(O)[C@@H](NC(=O)[C@H](Cc2ccccc2)C[C@@H](CN2CCN(Cc3cccnc3)C[C@H]2[I-]C(=O)NC(C)(C)C)OC)C1. The first-order chi connectivity index (χ1) is 23.0. The molecule has 4 rings (SSSR count).